The van der Waals surface area contributed by atoms with Gasteiger partial charge < -0.3 is 4.90 Å². The van der Waals surface area contributed by atoms with E-state index in [1.54, 1.807) is 6.07 Å². The van der Waals surface area contributed by atoms with Crippen molar-refractivity contribution in [2.24, 2.45) is 0 Å². The molecule has 0 aliphatic carbocycles. The van der Waals surface area contributed by atoms with E-state index in [9.17, 15) is 14.0 Å². The van der Waals surface area contributed by atoms with E-state index in [2.05, 4.69) is 0 Å². The van der Waals surface area contributed by atoms with Crippen molar-refractivity contribution in [1.29, 1.82) is 0 Å². The third kappa shape index (κ3) is 2.58. The van der Waals surface area contributed by atoms with Crippen LogP contribution < -0.4 is 4.90 Å². The molecule has 96 valence electrons. The fourth-order valence-corrected chi connectivity index (χ4v) is 2.24. The van der Waals surface area contributed by atoms with Crippen LogP contribution in [0.1, 0.15) is 31.7 Å². The summed E-state index contributed by atoms with van der Waals surface area (Å²) < 4.78 is 13.1. The Morgan fingerprint density at radius 2 is 2.17 bits per heavy atom. The van der Waals surface area contributed by atoms with Gasteiger partial charge in [0.05, 0.1) is 6.54 Å². The zero-order valence-corrected chi connectivity index (χ0v) is 10.4. The van der Waals surface area contributed by atoms with E-state index in [1.165, 1.54) is 17.0 Å². The lowest BCUT2D eigenvalue weighted by Gasteiger charge is -2.28. The summed E-state index contributed by atoms with van der Waals surface area (Å²) >= 11 is 0. The molecule has 0 bridgehead atoms. The molecule has 3 nitrogen and oxygen atoms in total. The Balaban J connectivity index is 2.25. The molecule has 1 aromatic rings. The monoisotopic (exact) mass is 249 g/mol. The maximum absolute atomic E-state index is 13.1. The average molecular weight is 249 g/mol. The zero-order valence-electron chi connectivity index (χ0n) is 10.4. The normalized spacial score (nSPS) is 14.6. The maximum Gasteiger partial charge on any atom is 0.227 e. The molecular weight excluding hydrogens is 233 g/mol. The van der Waals surface area contributed by atoms with Crippen molar-refractivity contribution in [1.82, 2.24) is 0 Å². The largest absolute Gasteiger partial charge is 0.305 e. The Hall–Kier alpha value is -1.71. The molecule has 0 radical (unpaired) electrons. The molecule has 1 aliphatic heterocycles. The Morgan fingerprint density at radius 3 is 2.89 bits per heavy atom. The summed E-state index contributed by atoms with van der Waals surface area (Å²) in [6.07, 6.45) is 2.14. The lowest BCUT2D eigenvalue weighted by Crippen LogP contribution is -2.39. The van der Waals surface area contributed by atoms with Crippen molar-refractivity contribution in [3.8, 4) is 0 Å². The molecule has 1 aromatic carbocycles. The summed E-state index contributed by atoms with van der Waals surface area (Å²) in [5.74, 6) is -0.315. The van der Waals surface area contributed by atoms with Gasteiger partial charge in [0.25, 0.3) is 0 Å². The molecule has 1 amide bonds. The van der Waals surface area contributed by atoms with Crippen LogP contribution >= 0.6 is 0 Å². The highest BCUT2D eigenvalue weighted by Crippen LogP contribution is 2.28. The number of halogens is 1. The van der Waals surface area contributed by atoms with E-state index in [0.29, 0.717) is 24.9 Å². The van der Waals surface area contributed by atoms with E-state index in [1.807, 2.05) is 6.92 Å². The molecule has 0 fully saturated rings. The van der Waals surface area contributed by atoms with Crippen LogP contribution in [0.2, 0.25) is 0 Å². The molecule has 0 saturated heterocycles. The van der Waals surface area contributed by atoms with Gasteiger partial charge in [0, 0.05) is 18.5 Å². The third-order valence-electron chi connectivity index (χ3n) is 3.10. The predicted octanol–water partition coefficient (Wildman–Crippen LogP) is 2.47. The Labute approximate surface area is 106 Å². The summed E-state index contributed by atoms with van der Waals surface area (Å²) in [6.45, 7) is 2.03. The molecular formula is C14H16FNO2. The van der Waals surface area contributed by atoms with Crippen LogP contribution in [0.3, 0.4) is 0 Å². The highest BCUT2D eigenvalue weighted by Gasteiger charge is 2.25. The molecule has 0 unspecified atom stereocenters. The van der Waals surface area contributed by atoms with Gasteiger partial charge >= 0.3 is 0 Å². The lowest BCUT2D eigenvalue weighted by atomic mass is 10.0. The first-order valence-electron chi connectivity index (χ1n) is 6.22. The number of carbonyl (C=O) groups excluding carboxylic acids is 2. The molecule has 2 rings (SSSR count). The number of carbonyl (C=O) groups is 2. The molecule has 0 N–H and O–H groups in total. The predicted molar refractivity (Wildman–Crippen MR) is 67.0 cm³/mol. The minimum Gasteiger partial charge on any atom is -0.305 e. The molecule has 1 aliphatic rings. The minimum atomic E-state index is -0.303. The fraction of sp³-hybridized carbons (Fsp3) is 0.429. The summed E-state index contributed by atoms with van der Waals surface area (Å²) in [6, 6.07) is 4.36. The number of hydrogen-bond acceptors (Lipinski definition) is 2. The van der Waals surface area contributed by atoms with E-state index in [4.69, 9.17) is 0 Å². The fourth-order valence-electron chi connectivity index (χ4n) is 2.24. The van der Waals surface area contributed by atoms with Crippen LogP contribution in [0, 0.1) is 5.82 Å². The second-order valence-corrected chi connectivity index (χ2v) is 4.54. The first-order valence-corrected chi connectivity index (χ1v) is 6.22. The molecule has 18 heavy (non-hydrogen) atoms. The number of anilines is 1. The van der Waals surface area contributed by atoms with Crippen molar-refractivity contribution in [2.45, 2.75) is 32.6 Å². The number of rotatable bonds is 4. The minimum absolute atomic E-state index is 0.0445. The number of aryl methyl sites for hydroxylation is 1. The van der Waals surface area contributed by atoms with Gasteiger partial charge in [-0.15, -0.1) is 0 Å². The van der Waals surface area contributed by atoms with Crippen LogP contribution in [-0.4, -0.2) is 18.2 Å². The van der Waals surface area contributed by atoms with Gasteiger partial charge in [-0.1, -0.05) is 6.92 Å². The van der Waals surface area contributed by atoms with Gasteiger partial charge in [-0.05, 0) is 36.6 Å². The van der Waals surface area contributed by atoms with Gasteiger partial charge in [0.2, 0.25) is 5.91 Å². The quantitative estimate of drug-likeness (QED) is 0.822. The second-order valence-electron chi connectivity index (χ2n) is 4.54. The van der Waals surface area contributed by atoms with Gasteiger partial charge in [-0.3, -0.25) is 9.59 Å². The topological polar surface area (TPSA) is 37.4 Å². The highest BCUT2D eigenvalue weighted by molar-refractivity contribution is 6.01. The number of benzene rings is 1. The second kappa shape index (κ2) is 5.29. The van der Waals surface area contributed by atoms with Crippen molar-refractivity contribution >= 4 is 17.4 Å². The van der Waals surface area contributed by atoms with Gasteiger partial charge in [-0.25, -0.2) is 4.39 Å². The van der Waals surface area contributed by atoms with Crippen LogP contribution in [-0.2, 0) is 16.0 Å². The van der Waals surface area contributed by atoms with Crippen molar-refractivity contribution < 1.29 is 14.0 Å². The van der Waals surface area contributed by atoms with Gasteiger partial charge in [0.15, 0.2) is 5.78 Å². The number of Topliss-reactive ketones (excluding diaryl/α,β-unsaturated/α-hetero) is 1. The summed E-state index contributed by atoms with van der Waals surface area (Å²) in [5, 5.41) is 0. The van der Waals surface area contributed by atoms with Crippen molar-refractivity contribution in [3.05, 3.63) is 29.6 Å². The number of fused-ring (bicyclic) bond motifs is 1. The van der Waals surface area contributed by atoms with E-state index in [-0.39, 0.29) is 24.1 Å². The standard InChI is InChI=1S/C14H16FNO2/c1-2-3-12(17)9-16-13-6-5-11(15)8-10(13)4-7-14(16)18/h5-6,8H,2-4,7,9H2,1H3. The third-order valence-corrected chi connectivity index (χ3v) is 3.10. The Morgan fingerprint density at radius 1 is 1.39 bits per heavy atom. The van der Waals surface area contributed by atoms with Crippen LogP contribution in [0.25, 0.3) is 0 Å². The number of ketones is 1. The number of nitrogens with zero attached hydrogens (tertiary/aromatic N) is 1. The van der Waals surface area contributed by atoms with Crippen molar-refractivity contribution in [3.63, 3.8) is 0 Å². The maximum atomic E-state index is 13.1. The first-order chi connectivity index (χ1) is 8.61. The first kappa shape index (κ1) is 12.7. The molecule has 4 heteroatoms. The Kier molecular flexibility index (Phi) is 3.75. The molecule has 0 spiro atoms. The molecule has 1 heterocycles. The Bertz CT molecular complexity index is 485. The van der Waals surface area contributed by atoms with E-state index < -0.39 is 0 Å². The van der Waals surface area contributed by atoms with Crippen LogP contribution in [0.15, 0.2) is 18.2 Å². The zero-order chi connectivity index (χ0) is 13.1. The highest BCUT2D eigenvalue weighted by atomic mass is 19.1. The van der Waals surface area contributed by atoms with Crippen molar-refractivity contribution in [2.75, 3.05) is 11.4 Å². The summed E-state index contributed by atoms with van der Waals surface area (Å²) in [7, 11) is 0. The summed E-state index contributed by atoms with van der Waals surface area (Å²) in [5.41, 5.74) is 1.48. The van der Waals surface area contributed by atoms with E-state index in [0.717, 1.165) is 12.0 Å². The van der Waals surface area contributed by atoms with Crippen LogP contribution in [0.5, 0.6) is 0 Å². The average Bonchev–Trinajstić information content (AvgIpc) is 2.33. The number of amides is 1. The van der Waals surface area contributed by atoms with Crippen LogP contribution in [0.4, 0.5) is 10.1 Å². The molecule has 0 saturated carbocycles. The molecule has 0 aromatic heterocycles. The van der Waals surface area contributed by atoms with E-state index >= 15 is 0 Å². The SMILES string of the molecule is CCCC(=O)CN1C(=O)CCc2cc(F)ccc21. The van der Waals surface area contributed by atoms with Gasteiger partial charge in [0.1, 0.15) is 5.82 Å². The lowest BCUT2D eigenvalue weighted by molar-refractivity contribution is -0.123. The summed E-state index contributed by atoms with van der Waals surface area (Å²) in [4.78, 5) is 25.0. The smallest absolute Gasteiger partial charge is 0.227 e. The number of hydrogen-bond donors (Lipinski definition) is 0. The molecule has 0 atom stereocenters. The van der Waals surface area contributed by atoms with Gasteiger partial charge in [-0.2, -0.15) is 0 Å².